The van der Waals surface area contributed by atoms with E-state index >= 15 is 0 Å². The normalized spacial score (nSPS) is 21.1. The molecular weight excluding hydrogens is 488 g/mol. The van der Waals surface area contributed by atoms with Gasteiger partial charge in [0, 0.05) is 25.8 Å². The van der Waals surface area contributed by atoms with Crippen molar-refractivity contribution < 1.29 is 14.3 Å². The molecule has 1 aromatic rings. The van der Waals surface area contributed by atoms with Crippen molar-refractivity contribution in [3.63, 3.8) is 0 Å². The summed E-state index contributed by atoms with van der Waals surface area (Å²) in [6, 6.07) is -0.645. The first-order valence-corrected chi connectivity index (χ1v) is 12.5. The summed E-state index contributed by atoms with van der Waals surface area (Å²) < 4.78 is 5.87. The zero-order valence-corrected chi connectivity index (χ0v) is 20.7. The van der Waals surface area contributed by atoms with Gasteiger partial charge in [-0.25, -0.2) is 9.78 Å². The second kappa shape index (κ2) is 10.3. The molecule has 2 aliphatic rings. The molecule has 1 aromatic heterocycles. The lowest BCUT2D eigenvalue weighted by molar-refractivity contribution is -0.135. The van der Waals surface area contributed by atoms with Gasteiger partial charge in [0.1, 0.15) is 11.9 Å². The molecule has 0 fully saturated rings. The van der Waals surface area contributed by atoms with Crippen LogP contribution in [0.2, 0.25) is 0 Å². The number of amides is 2. The molecule has 3 atom stereocenters. The van der Waals surface area contributed by atoms with Crippen LogP contribution in [-0.2, 0) is 16.1 Å². The number of hydrogen-bond acceptors (Lipinski definition) is 6. The SMILES string of the molecule is CCCN(Cc1ncc(C2=CC3SC(Br)=CC3S2)[nH]1)C(=O)C(NC(=O)OC)C(C)C. The van der Waals surface area contributed by atoms with Crippen molar-refractivity contribution in [3.8, 4) is 0 Å². The molecule has 30 heavy (non-hydrogen) atoms. The fraction of sp³-hybridized carbons (Fsp3) is 0.550. The van der Waals surface area contributed by atoms with Gasteiger partial charge in [0.05, 0.1) is 25.5 Å². The Morgan fingerprint density at radius 1 is 1.33 bits per heavy atom. The minimum Gasteiger partial charge on any atom is -0.453 e. The van der Waals surface area contributed by atoms with E-state index in [1.54, 1.807) is 4.90 Å². The Morgan fingerprint density at radius 3 is 2.70 bits per heavy atom. The fourth-order valence-corrected chi connectivity index (χ4v) is 7.04. The molecule has 2 amide bonds. The number of aromatic amines is 1. The molecule has 0 bridgehead atoms. The van der Waals surface area contributed by atoms with Crippen molar-refractivity contribution in [2.24, 2.45) is 5.92 Å². The van der Waals surface area contributed by atoms with Gasteiger partial charge in [0.15, 0.2) is 0 Å². The number of nitrogens with zero attached hydrogens (tertiary/aromatic N) is 2. The summed E-state index contributed by atoms with van der Waals surface area (Å²) in [5, 5.41) is 3.55. The van der Waals surface area contributed by atoms with E-state index in [2.05, 4.69) is 48.1 Å². The Kier molecular flexibility index (Phi) is 7.98. The van der Waals surface area contributed by atoms with Gasteiger partial charge in [0.25, 0.3) is 0 Å². The summed E-state index contributed by atoms with van der Waals surface area (Å²) in [4.78, 5) is 35.6. The molecule has 0 aliphatic carbocycles. The zero-order valence-electron chi connectivity index (χ0n) is 17.5. The number of thioether (sulfide) groups is 2. The number of nitrogens with one attached hydrogen (secondary N) is 2. The molecule has 0 saturated carbocycles. The van der Waals surface area contributed by atoms with Crippen LogP contribution >= 0.6 is 39.5 Å². The maximum Gasteiger partial charge on any atom is 0.407 e. The van der Waals surface area contributed by atoms with Gasteiger partial charge in [-0.05, 0) is 34.3 Å². The van der Waals surface area contributed by atoms with Crippen LogP contribution < -0.4 is 5.32 Å². The molecule has 0 saturated heterocycles. The second-order valence-electron chi connectivity index (χ2n) is 7.53. The van der Waals surface area contributed by atoms with Crippen molar-refractivity contribution in [1.82, 2.24) is 20.2 Å². The van der Waals surface area contributed by atoms with Crippen molar-refractivity contribution in [3.05, 3.63) is 33.7 Å². The summed E-state index contributed by atoms with van der Waals surface area (Å²) in [6.07, 6.45) is 6.55. The van der Waals surface area contributed by atoms with E-state index in [1.807, 2.05) is 50.5 Å². The number of ether oxygens (including phenoxy) is 1. The van der Waals surface area contributed by atoms with E-state index in [-0.39, 0.29) is 11.8 Å². The van der Waals surface area contributed by atoms with Crippen LogP contribution in [0.15, 0.2) is 22.2 Å². The number of methoxy groups -OCH3 is 1. The predicted molar refractivity (Wildman–Crippen MR) is 126 cm³/mol. The number of imidazole rings is 1. The van der Waals surface area contributed by atoms with Gasteiger partial charge in [-0.1, -0.05) is 26.8 Å². The molecule has 0 spiro atoms. The Bertz CT molecular complexity index is 855. The number of alkyl carbamates (subject to hydrolysis) is 1. The van der Waals surface area contributed by atoms with Crippen molar-refractivity contribution in [1.29, 1.82) is 0 Å². The minimum absolute atomic E-state index is 0.0625. The highest BCUT2D eigenvalue weighted by atomic mass is 79.9. The van der Waals surface area contributed by atoms with Crippen molar-refractivity contribution in [2.45, 2.75) is 50.3 Å². The Hall–Kier alpha value is -1.39. The van der Waals surface area contributed by atoms with Crippen molar-refractivity contribution >= 4 is 56.4 Å². The topological polar surface area (TPSA) is 87.3 Å². The molecule has 3 rings (SSSR count). The third kappa shape index (κ3) is 5.45. The third-order valence-electron chi connectivity index (χ3n) is 4.88. The molecule has 2 aliphatic heterocycles. The summed E-state index contributed by atoms with van der Waals surface area (Å²) >= 11 is 7.21. The van der Waals surface area contributed by atoms with Crippen LogP contribution in [-0.4, -0.2) is 57.1 Å². The monoisotopic (exact) mass is 514 g/mol. The predicted octanol–water partition coefficient (Wildman–Crippen LogP) is 4.34. The number of halogens is 1. The molecule has 3 unspecified atom stereocenters. The van der Waals surface area contributed by atoms with E-state index in [9.17, 15) is 9.59 Å². The summed E-state index contributed by atoms with van der Waals surface area (Å²) in [5.41, 5.74) is 0.978. The number of carbonyl (C=O) groups is 2. The molecule has 0 aromatic carbocycles. The molecule has 2 N–H and O–H groups in total. The highest BCUT2D eigenvalue weighted by Crippen LogP contribution is 2.51. The summed E-state index contributed by atoms with van der Waals surface area (Å²) in [7, 11) is 1.29. The number of H-pyrrole nitrogens is 1. The maximum atomic E-state index is 13.1. The Labute approximate surface area is 194 Å². The molecule has 7 nitrogen and oxygen atoms in total. The summed E-state index contributed by atoms with van der Waals surface area (Å²) in [5.74, 6) is 0.535. The number of fused-ring (bicyclic) bond motifs is 1. The smallest absolute Gasteiger partial charge is 0.407 e. The first kappa shape index (κ1) is 23.3. The van der Waals surface area contributed by atoms with Crippen LogP contribution in [0, 0.1) is 5.92 Å². The first-order valence-electron chi connectivity index (χ1n) is 9.92. The molecule has 10 heteroatoms. The molecular formula is C20H27BrN4O3S2. The van der Waals surface area contributed by atoms with E-state index < -0.39 is 12.1 Å². The lowest BCUT2D eigenvalue weighted by Crippen LogP contribution is -2.51. The highest BCUT2D eigenvalue weighted by Gasteiger charge is 2.34. The Morgan fingerprint density at radius 2 is 2.07 bits per heavy atom. The molecule has 0 radical (unpaired) electrons. The molecule has 3 heterocycles. The standard InChI is InChI=1S/C20H27BrN4O3S2/c1-5-6-25(19(26)18(11(2)3)24-20(27)28-4)10-17-22-9-12(23-17)13-7-14-15(29-13)8-16(21)30-14/h7-9,11,14-15,18H,5-6,10H2,1-4H3,(H,22,23)(H,24,27). The minimum atomic E-state index is -0.645. The zero-order chi connectivity index (χ0) is 21.8. The third-order valence-corrected chi connectivity index (χ3v) is 8.25. The molecule has 164 valence electrons. The van der Waals surface area contributed by atoms with Crippen LogP contribution in [0.1, 0.15) is 38.7 Å². The number of aromatic nitrogens is 2. The number of carbonyl (C=O) groups excluding carboxylic acids is 2. The van der Waals surface area contributed by atoms with Gasteiger partial charge < -0.3 is 19.9 Å². The lowest BCUT2D eigenvalue weighted by atomic mass is 10.0. The number of hydrogen-bond donors (Lipinski definition) is 2. The Balaban J connectivity index is 1.69. The van der Waals surface area contributed by atoms with E-state index in [0.717, 1.165) is 17.9 Å². The summed E-state index contributed by atoms with van der Waals surface area (Å²) in [6.45, 7) is 6.77. The fourth-order valence-electron chi connectivity index (χ4n) is 3.36. The van der Waals surface area contributed by atoms with Gasteiger partial charge >= 0.3 is 6.09 Å². The largest absolute Gasteiger partial charge is 0.453 e. The first-order chi connectivity index (χ1) is 14.3. The van der Waals surface area contributed by atoms with E-state index in [1.165, 1.54) is 15.8 Å². The van der Waals surface area contributed by atoms with Gasteiger partial charge in [-0.3, -0.25) is 4.79 Å². The van der Waals surface area contributed by atoms with Crippen LogP contribution in [0.3, 0.4) is 0 Å². The average Bonchev–Trinajstić information content (AvgIpc) is 3.39. The maximum absolute atomic E-state index is 13.1. The lowest BCUT2D eigenvalue weighted by Gasteiger charge is -2.28. The van der Waals surface area contributed by atoms with Crippen molar-refractivity contribution in [2.75, 3.05) is 13.7 Å². The van der Waals surface area contributed by atoms with Gasteiger partial charge in [0.2, 0.25) is 5.91 Å². The van der Waals surface area contributed by atoms with Crippen LogP contribution in [0.25, 0.3) is 4.91 Å². The average molecular weight is 515 g/mol. The quantitative estimate of drug-likeness (QED) is 0.536. The van der Waals surface area contributed by atoms with E-state index in [0.29, 0.717) is 23.6 Å². The van der Waals surface area contributed by atoms with Gasteiger partial charge in [-0.15, -0.1) is 23.5 Å². The van der Waals surface area contributed by atoms with Crippen LogP contribution in [0.4, 0.5) is 4.79 Å². The van der Waals surface area contributed by atoms with Gasteiger partial charge in [-0.2, -0.15) is 0 Å². The highest BCUT2D eigenvalue weighted by molar-refractivity contribution is 9.14. The van der Waals surface area contributed by atoms with Crippen LogP contribution in [0.5, 0.6) is 0 Å². The van der Waals surface area contributed by atoms with E-state index in [4.69, 9.17) is 0 Å². The number of rotatable bonds is 8. The second-order valence-corrected chi connectivity index (χ2v) is 11.3.